The van der Waals surface area contributed by atoms with Gasteiger partial charge in [-0.1, -0.05) is 47.8 Å². The van der Waals surface area contributed by atoms with Crippen LogP contribution in [-0.4, -0.2) is 194 Å². The number of amides is 7. The van der Waals surface area contributed by atoms with Crippen LogP contribution in [0.1, 0.15) is 124 Å². The molecule has 3 aromatic heterocycles. The van der Waals surface area contributed by atoms with Crippen molar-refractivity contribution in [1.29, 1.82) is 0 Å². The monoisotopic (exact) mass is 1730 g/mol. The van der Waals surface area contributed by atoms with Gasteiger partial charge in [-0.05, 0) is 208 Å². The van der Waals surface area contributed by atoms with Crippen LogP contribution in [0, 0.1) is 0 Å². The van der Waals surface area contributed by atoms with Crippen LogP contribution in [0.4, 0.5) is 26.7 Å². The number of hydrogen-bond donors (Lipinski definition) is 7. The Kier molecular flexibility index (Phi) is 25.3. The molecule has 7 amide bonds. The van der Waals surface area contributed by atoms with E-state index in [1.807, 2.05) is 91.0 Å². The van der Waals surface area contributed by atoms with Gasteiger partial charge in [0.25, 0.3) is 17.7 Å². The molecule has 0 radical (unpaired) electrons. The van der Waals surface area contributed by atoms with Gasteiger partial charge in [-0.3, -0.25) is 27.3 Å². The van der Waals surface area contributed by atoms with E-state index in [9.17, 15) is 49.2 Å². The summed E-state index contributed by atoms with van der Waals surface area (Å²) in [6.45, 7) is 3.44. The quantitative estimate of drug-likeness (QED) is 0.0177. The number of benzene rings is 6. The summed E-state index contributed by atoms with van der Waals surface area (Å²) in [6.07, 6.45) is 10.8. The second-order valence-electron chi connectivity index (χ2n) is 26.5. The smallest absolute Gasteiger partial charge is 0.317 e. The number of hydrogen-bond acceptors (Lipinski definition) is 15. The highest BCUT2D eigenvalue weighted by Gasteiger charge is 2.37. The zero-order chi connectivity index (χ0) is 76.8. The third kappa shape index (κ3) is 18.8. The maximum Gasteiger partial charge on any atom is 0.317 e. The van der Waals surface area contributed by atoms with Crippen LogP contribution in [-0.2, 0) is 30.1 Å². The third-order valence-electron chi connectivity index (χ3n) is 18.6. The van der Waals surface area contributed by atoms with Gasteiger partial charge in [-0.25, -0.2) is 48.9 Å². The van der Waals surface area contributed by atoms with Crippen LogP contribution in [0.5, 0.6) is 0 Å². The number of rotatable bonds is 28. The summed E-state index contributed by atoms with van der Waals surface area (Å²) in [7, 11) is -6.03. The largest absolute Gasteiger partial charge is 0.354 e. The number of nitrogens with one attached hydrogen (secondary N) is 6. The van der Waals surface area contributed by atoms with Crippen molar-refractivity contribution >= 4 is 169 Å². The number of urea groups is 2. The molecule has 107 heavy (non-hydrogen) atoms. The molecular formula is C72H85Br3ClN17O11S3. The molecule has 28 nitrogen and oxygen atoms in total. The molecule has 35 heteroatoms. The number of nitrogens with zero attached hydrogens (tertiary/aromatic N) is 10. The van der Waals surface area contributed by atoms with Crippen LogP contribution >= 0.6 is 59.4 Å². The van der Waals surface area contributed by atoms with E-state index in [2.05, 4.69) is 79.7 Å². The molecule has 9 aromatic rings. The summed E-state index contributed by atoms with van der Waals surface area (Å²) in [5.74, 6) is 0.180. The number of anilines is 3. The SMILES string of the molecule is CNC(=O)c1c2cc(C3CC3)c(N(CCCN)S(C)(=O)=O)cc2nn1-c1ccc(Br)cc1.CNC(=O)c1c2cc(C3CC3)c(N(CCCN3CCNC3=O)S(C)(=O)=O)cc2nn1-c1ccc(Br)cc1.CNC(=O)c1c2cc(C3CC3)c(N(CCCNC(=O)NCCCl)S(C)(=O)=O)cc2nn1-c1ccc(Br)cc1. The van der Waals surface area contributed by atoms with Gasteiger partial charge in [0.15, 0.2) is 0 Å². The van der Waals surface area contributed by atoms with Gasteiger partial charge < -0.3 is 42.5 Å². The molecule has 13 rings (SSSR count). The highest BCUT2D eigenvalue weighted by molar-refractivity contribution is 9.11. The molecule has 0 bridgehead atoms. The van der Waals surface area contributed by atoms with Crippen molar-refractivity contribution in [1.82, 2.24) is 66.1 Å². The van der Waals surface area contributed by atoms with E-state index in [1.165, 1.54) is 31.7 Å². The van der Waals surface area contributed by atoms with Gasteiger partial charge in [0.2, 0.25) is 30.1 Å². The average molecular weight is 1740 g/mol. The number of alkyl halides is 1. The summed E-state index contributed by atoms with van der Waals surface area (Å²) >= 11 is 15.9. The Morgan fingerprint density at radius 3 is 1.13 bits per heavy atom. The fourth-order valence-electron chi connectivity index (χ4n) is 13.0. The van der Waals surface area contributed by atoms with Crippen LogP contribution in [0.2, 0.25) is 0 Å². The number of halogens is 4. The van der Waals surface area contributed by atoms with Gasteiger partial charge in [-0.15, -0.1) is 11.6 Å². The molecule has 4 aliphatic rings. The maximum atomic E-state index is 13.0. The van der Waals surface area contributed by atoms with Gasteiger partial charge >= 0.3 is 12.1 Å². The lowest BCUT2D eigenvalue weighted by Gasteiger charge is -2.26. The van der Waals surface area contributed by atoms with Crippen LogP contribution in [0.25, 0.3) is 49.8 Å². The minimum Gasteiger partial charge on any atom is -0.354 e. The highest BCUT2D eigenvalue weighted by Crippen LogP contribution is 2.50. The van der Waals surface area contributed by atoms with Crippen LogP contribution in [0.15, 0.2) is 123 Å². The topological polar surface area (TPSA) is 352 Å². The number of carbonyl (C=O) groups is 5. The zero-order valence-corrected chi connectivity index (χ0v) is 67.8. The lowest BCUT2D eigenvalue weighted by atomic mass is 10.0. The molecule has 6 aromatic carbocycles. The first-order valence-electron chi connectivity index (χ1n) is 34.9. The van der Waals surface area contributed by atoms with E-state index in [0.29, 0.717) is 143 Å². The minimum absolute atomic E-state index is 0.119. The molecule has 4 fully saturated rings. The van der Waals surface area contributed by atoms with Crippen molar-refractivity contribution in [2.75, 3.05) is 118 Å². The Bertz CT molecular complexity index is 5190. The summed E-state index contributed by atoms with van der Waals surface area (Å²) in [5.41, 5.74) is 15.1. The molecular weight excluding hydrogens is 1650 g/mol. The lowest BCUT2D eigenvalue weighted by Crippen LogP contribution is -2.39. The Morgan fingerprint density at radius 1 is 0.514 bits per heavy atom. The summed E-state index contributed by atoms with van der Waals surface area (Å²) in [4.78, 5) is 64.2. The Labute approximate surface area is 651 Å². The molecule has 1 saturated heterocycles. The average Bonchev–Trinajstić information content (AvgIpc) is 1.52. The van der Waals surface area contributed by atoms with Crippen molar-refractivity contribution in [3.8, 4) is 17.1 Å². The zero-order valence-electron chi connectivity index (χ0n) is 59.8. The van der Waals surface area contributed by atoms with Gasteiger partial charge in [0, 0.05) is 109 Å². The van der Waals surface area contributed by atoms with Crippen molar-refractivity contribution in [2.45, 2.75) is 75.5 Å². The molecule has 8 N–H and O–H groups in total. The first-order valence-corrected chi connectivity index (χ1v) is 43.4. The van der Waals surface area contributed by atoms with Crippen molar-refractivity contribution < 1.29 is 49.2 Å². The molecule has 0 unspecified atom stereocenters. The van der Waals surface area contributed by atoms with E-state index in [4.69, 9.17) is 32.6 Å². The predicted octanol–water partition coefficient (Wildman–Crippen LogP) is 10.1. The van der Waals surface area contributed by atoms with E-state index in [0.717, 1.165) is 80.0 Å². The number of fused-ring (bicyclic) bond motifs is 3. The molecule has 0 spiro atoms. The summed E-state index contributed by atoms with van der Waals surface area (Å²) in [5, 5.41) is 32.4. The molecule has 1 aliphatic heterocycles. The second kappa shape index (κ2) is 34.0. The van der Waals surface area contributed by atoms with E-state index in [-0.39, 0.29) is 60.6 Å². The normalized spacial score (nSPS) is 14.4. The van der Waals surface area contributed by atoms with E-state index < -0.39 is 30.1 Å². The number of nitrogens with two attached hydrogens (primary N) is 1. The van der Waals surface area contributed by atoms with Crippen LogP contribution < -0.4 is 50.6 Å². The molecule has 4 heterocycles. The number of sulfonamides is 3. The first kappa shape index (κ1) is 79.7. The summed E-state index contributed by atoms with van der Waals surface area (Å²) < 4.78 is 88.8. The van der Waals surface area contributed by atoms with Crippen LogP contribution in [0.3, 0.4) is 0 Å². The molecule has 3 aliphatic carbocycles. The predicted molar refractivity (Wildman–Crippen MR) is 429 cm³/mol. The second-order valence-corrected chi connectivity index (χ2v) is 35.3. The molecule has 0 atom stereocenters. The van der Waals surface area contributed by atoms with Gasteiger partial charge in [0.05, 0.1) is 69.4 Å². The molecule has 3 saturated carbocycles. The van der Waals surface area contributed by atoms with Crippen molar-refractivity contribution in [3.05, 3.63) is 156 Å². The Hall–Kier alpha value is -8.38. The third-order valence-corrected chi connectivity index (χ3v) is 23.9. The fraction of sp³-hybridized carbons (Fsp3) is 0.389. The van der Waals surface area contributed by atoms with Gasteiger partial charge in [0.1, 0.15) is 17.1 Å². The summed E-state index contributed by atoms with van der Waals surface area (Å²) in [6, 6.07) is 33.1. The van der Waals surface area contributed by atoms with E-state index in [1.54, 1.807) is 58.3 Å². The van der Waals surface area contributed by atoms with Crippen molar-refractivity contribution in [3.63, 3.8) is 0 Å². The Balaban J connectivity index is 0.000000161. The first-order chi connectivity index (χ1) is 51.0. The van der Waals surface area contributed by atoms with Gasteiger partial charge in [-0.2, -0.15) is 15.3 Å². The fourth-order valence-corrected chi connectivity index (χ4v) is 16.8. The molecule has 570 valence electrons. The standard InChI is InChI=1S/C25H30BrClN6O4S.C25H29BrN6O4S.C22H26BrN5O3S/c1-28-24(34)23-20-14-19(16-4-5-16)22(15-21(20)31-33(23)18-8-6-17(26)7-9-18)32(38(2,36)37)13-3-11-29-25(35)30-12-10-27;1-27-24(33)23-20-14-19(16-4-5-16)22(15-21(20)29-32(23)18-8-6-17(26)7-9-18)31(37(2,35)36)12-3-11-30-13-10-28-25(30)34;1-25-22(29)21-18-12-17(14-4-5-14)20(27(11-3-10-24)32(2,30)31)13-19(18)26-28(21)16-8-6-15(23)7-9-16/h6-9,14-16H,3-5,10-13H2,1-2H3,(H,28,34)(H2,29,30,35);6-9,14-16H,3-5,10-13H2,1-2H3,(H,27,33)(H,28,34);6-9,12-14H,3-5,10-11,24H2,1-2H3,(H,25,29). The number of aromatic nitrogens is 6. The number of carbonyl (C=O) groups excluding carboxylic acids is 5. The maximum absolute atomic E-state index is 13.0. The highest BCUT2D eigenvalue weighted by atomic mass is 79.9. The Morgan fingerprint density at radius 2 is 0.841 bits per heavy atom. The van der Waals surface area contributed by atoms with Crippen molar-refractivity contribution in [2.24, 2.45) is 5.73 Å². The minimum atomic E-state index is -3.64. The lowest BCUT2D eigenvalue weighted by molar-refractivity contribution is 0.0949. The van der Waals surface area contributed by atoms with E-state index >= 15 is 0 Å².